The van der Waals surface area contributed by atoms with Gasteiger partial charge in [-0.2, -0.15) is 0 Å². The lowest BCUT2D eigenvalue weighted by Crippen LogP contribution is -2.41. The molecule has 0 aliphatic heterocycles. The maximum Gasteiger partial charge on any atom is 0.336 e. The van der Waals surface area contributed by atoms with E-state index in [0.29, 0.717) is 0 Å². The smallest absolute Gasteiger partial charge is 0.336 e. The van der Waals surface area contributed by atoms with E-state index in [2.05, 4.69) is 5.32 Å². The molecule has 0 aliphatic carbocycles. The Morgan fingerprint density at radius 2 is 1.88 bits per heavy atom. The summed E-state index contributed by atoms with van der Waals surface area (Å²) in [7, 11) is -2.60. The Morgan fingerprint density at radius 3 is 2.29 bits per heavy atom. The average molecular weight is 257 g/mol. The molecule has 94 valence electrons. The van der Waals surface area contributed by atoms with Gasteiger partial charge in [-0.15, -0.1) is 0 Å². The monoisotopic (exact) mass is 257 g/mol. The molecule has 0 aliphatic rings. The van der Waals surface area contributed by atoms with Crippen molar-refractivity contribution in [2.75, 3.05) is 7.05 Å². The van der Waals surface area contributed by atoms with E-state index >= 15 is 0 Å². The van der Waals surface area contributed by atoms with Crippen molar-refractivity contribution in [3.63, 3.8) is 0 Å². The van der Waals surface area contributed by atoms with Gasteiger partial charge in [0, 0.05) is 0 Å². The van der Waals surface area contributed by atoms with Crippen LogP contribution in [0.2, 0.25) is 0 Å². The van der Waals surface area contributed by atoms with Gasteiger partial charge in [0.25, 0.3) is 0 Å². The van der Waals surface area contributed by atoms with Crippen molar-refractivity contribution in [3.05, 3.63) is 29.3 Å². The van der Waals surface area contributed by atoms with Gasteiger partial charge in [0.05, 0.1) is 4.90 Å². The summed E-state index contributed by atoms with van der Waals surface area (Å²) in [4.78, 5) is 10.9. The van der Waals surface area contributed by atoms with Crippen LogP contribution in [-0.2, 0) is 14.6 Å². The lowest BCUT2D eigenvalue weighted by atomic mass is 10.1. The molecule has 6 heteroatoms. The van der Waals surface area contributed by atoms with E-state index in [1.54, 1.807) is 13.0 Å². The van der Waals surface area contributed by atoms with Crippen LogP contribution >= 0.6 is 0 Å². The summed E-state index contributed by atoms with van der Waals surface area (Å²) in [5.74, 6) is -1.41. The topological polar surface area (TPSA) is 83.5 Å². The number of benzene rings is 1. The van der Waals surface area contributed by atoms with Crippen molar-refractivity contribution in [2.24, 2.45) is 0 Å². The highest BCUT2D eigenvalue weighted by atomic mass is 32.2. The van der Waals surface area contributed by atoms with Crippen LogP contribution in [0.15, 0.2) is 23.1 Å². The normalized spacial score (nSPS) is 13.4. The molecule has 0 spiro atoms. The zero-order valence-corrected chi connectivity index (χ0v) is 10.7. The number of sulfone groups is 1. The van der Waals surface area contributed by atoms with Crippen LogP contribution < -0.4 is 5.32 Å². The number of hydrogen-bond acceptors (Lipinski definition) is 4. The minimum absolute atomic E-state index is 0.0161. The maximum absolute atomic E-state index is 12.0. The van der Waals surface area contributed by atoms with Crippen LogP contribution in [0.1, 0.15) is 11.1 Å². The molecule has 1 aromatic rings. The summed E-state index contributed by atoms with van der Waals surface area (Å²) >= 11 is 0. The molecule has 0 radical (unpaired) electrons. The van der Waals surface area contributed by atoms with Crippen molar-refractivity contribution in [1.29, 1.82) is 0 Å². The fraction of sp³-hybridized carbons (Fsp3) is 0.364. The number of aliphatic carboxylic acids is 1. The van der Waals surface area contributed by atoms with Crippen LogP contribution in [0.5, 0.6) is 0 Å². The van der Waals surface area contributed by atoms with Gasteiger partial charge >= 0.3 is 5.97 Å². The Hall–Kier alpha value is -1.40. The van der Waals surface area contributed by atoms with Gasteiger partial charge in [-0.05, 0) is 44.2 Å². The van der Waals surface area contributed by atoms with E-state index in [9.17, 15) is 13.2 Å². The first-order valence-electron chi connectivity index (χ1n) is 5.02. The summed E-state index contributed by atoms with van der Waals surface area (Å²) in [6.07, 6.45) is 0. The molecule has 0 amide bonds. The molecule has 2 N–H and O–H groups in total. The second kappa shape index (κ2) is 4.85. The predicted molar refractivity (Wildman–Crippen MR) is 63.6 cm³/mol. The molecule has 0 saturated carbocycles. The van der Waals surface area contributed by atoms with Gasteiger partial charge in [0.1, 0.15) is 0 Å². The molecule has 1 atom stereocenters. The minimum atomic E-state index is -3.90. The number of aryl methyl sites for hydroxylation is 2. The molecule has 17 heavy (non-hydrogen) atoms. The molecule has 0 fully saturated rings. The van der Waals surface area contributed by atoms with Gasteiger partial charge < -0.3 is 5.11 Å². The summed E-state index contributed by atoms with van der Waals surface area (Å²) in [6, 6.07) is 4.57. The Labute approximate surface area is 100 Å². The number of likely N-dealkylation sites (N-methyl/N-ethyl adjacent to an activating group) is 1. The Balaban J connectivity index is 3.30. The number of hydrogen-bond donors (Lipinski definition) is 2. The largest absolute Gasteiger partial charge is 0.479 e. The number of carboxylic acid groups (broad SMARTS) is 1. The summed E-state index contributed by atoms with van der Waals surface area (Å²) < 4.78 is 24.1. The van der Waals surface area contributed by atoms with Gasteiger partial charge in [0.15, 0.2) is 0 Å². The molecule has 5 nitrogen and oxygen atoms in total. The quantitative estimate of drug-likeness (QED) is 0.830. The Kier molecular flexibility index (Phi) is 3.90. The van der Waals surface area contributed by atoms with E-state index < -0.39 is 21.2 Å². The molecule has 1 rings (SSSR count). The summed E-state index contributed by atoms with van der Waals surface area (Å²) in [5.41, 5.74) is 1.77. The molecule has 1 unspecified atom stereocenters. The second-order valence-electron chi connectivity index (χ2n) is 3.80. The lowest BCUT2D eigenvalue weighted by Gasteiger charge is -2.13. The first kappa shape index (κ1) is 13.7. The number of carbonyl (C=O) groups is 1. The highest BCUT2D eigenvalue weighted by molar-refractivity contribution is 7.92. The maximum atomic E-state index is 12.0. The predicted octanol–water partition coefficient (Wildman–Crippen LogP) is 0.707. The fourth-order valence-electron chi connectivity index (χ4n) is 1.44. The molecule has 1 aromatic carbocycles. The zero-order valence-electron chi connectivity index (χ0n) is 9.89. The van der Waals surface area contributed by atoms with Crippen molar-refractivity contribution in [3.8, 4) is 0 Å². The summed E-state index contributed by atoms with van der Waals surface area (Å²) in [6.45, 7) is 3.64. The van der Waals surface area contributed by atoms with E-state index in [4.69, 9.17) is 5.11 Å². The molecular formula is C11H15NO4S. The third-order valence-corrected chi connectivity index (χ3v) is 4.57. The number of nitrogens with one attached hydrogen (secondary N) is 1. The van der Waals surface area contributed by atoms with E-state index in [0.717, 1.165) is 11.1 Å². The molecule has 0 saturated heterocycles. The zero-order chi connectivity index (χ0) is 13.2. The molecule has 0 aromatic heterocycles. The van der Waals surface area contributed by atoms with Gasteiger partial charge in [0.2, 0.25) is 15.2 Å². The van der Waals surface area contributed by atoms with E-state index in [1.165, 1.54) is 19.2 Å². The highest BCUT2D eigenvalue weighted by Gasteiger charge is 2.32. The molecular weight excluding hydrogens is 242 g/mol. The van der Waals surface area contributed by atoms with Crippen molar-refractivity contribution < 1.29 is 18.3 Å². The van der Waals surface area contributed by atoms with Crippen molar-refractivity contribution in [2.45, 2.75) is 24.1 Å². The van der Waals surface area contributed by atoms with Crippen LogP contribution in [0.4, 0.5) is 0 Å². The third kappa shape index (κ3) is 2.65. The molecule has 0 bridgehead atoms. The Bertz CT molecular complexity index is 536. The van der Waals surface area contributed by atoms with Crippen LogP contribution in [0.25, 0.3) is 0 Å². The Morgan fingerprint density at radius 1 is 1.29 bits per heavy atom. The number of rotatable bonds is 4. The standard InChI is InChI=1S/C11H15NO4S/c1-7-4-5-9(6-8(7)2)17(15,16)10(12-3)11(13)14/h4-6,10,12H,1-3H3,(H,13,14). The van der Waals surface area contributed by atoms with Crippen LogP contribution in [0.3, 0.4) is 0 Å². The summed E-state index contributed by atoms with van der Waals surface area (Å²) in [5, 5.41) is 9.52. The van der Waals surface area contributed by atoms with E-state index in [1.807, 2.05) is 6.92 Å². The first-order chi connectivity index (χ1) is 7.80. The lowest BCUT2D eigenvalue weighted by molar-refractivity contribution is -0.137. The third-order valence-electron chi connectivity index (χ3n) is 2.60. The highest BCUT2D eigenvalue weighted by Crippen LogP contribution is 2.18. The average Bonchev–Trinajstić information content (AvgIpc) is 2.21. The second-order valence-corrected chi connectivity index (χ2v) is 5.83. The SMILES string of the molecule is CNC(C(=O)O)S(=O)(=O)c1ccc(C)c(C)c1. The fourth-order valence-corrected chi connectivity index (χ4v) is 2.89. The van der Waals surface area contributed by atoms with Gasteiger partial charge in [-0.3, -0.25) is 5.32 Å². The van der Waals surface area contributed by atoms with Crippen LogP contribution in [-0.4, -0.2) is 31.9 Å². The number of carboxylic acids is 1. The van der Waals surface area contributed by atoms with Crippen LogP contribution in [0, 0.1) is 13.8 Å². The van der Waals surface area contributed by atoms with Gasteiger partial charge in [-0.1, -0.05) is 6.07 Å². The van der Waals surface area contributed by atoms with Crippen molar-refractivity contribution in [1.82, 2.24) is 5.32 Å². The molecule has 0 heterocycles. The minimum Gasteiger partial charge on any atom is -0.479 e. The van der Waals surface area contributed by atoms with Crippen molar-refractivity contribution >= 4 is 15.8 Å². The van der Waals surface area contributed by atoms with E-state index in [-0.39, 0.29) is 4.90 Å². The van der Waals surface area contributed by atoms with Gasteiger partial charge in [-0.25, -0.2) is 13.2 Å². The first-order valence-corrected chi connectivity index (χ1v) is 6.56.